The lowest BCUT2D eigenvalue weighted by Gasteiger charge is -2.24. The van der Waals surface area contributed by atoms with E-state index in [-0.39, 0.29) is 9.79 Å². The molecule has 1 aromatic heterocycles. The van der Waals surface area contributed by atoms with Crippen molar-refractivity contribution in [3.63, 3.8) is 0 Å². The smallest absolute Gasteiger partial charge is 0.273 e. The van der Waals surface area contributed by atoms with Gasteiger partial charge in [0, 0.05) is 10.8 Å². The Morgan fingerprint density at radius 2 is 0.896 bits per heavy atom. The fourth-order valence-electron chi connectivity index (χ4n) is 6.10. The van der Waals surface area contributed by atoms with Crippen molar-refractivity contribution in [2.75, 3.05) is 33.0 Å². The zero-order valence-corrected chi connectivity index (χ0v) is 29.1. The van der Waals surface area contributed by atoms with E-state index in [2.05, 4.69) is 0 Å². The summed E-state index contributed by atoms with van der Waals surface area (Å²) >= 11 is 0. The summed E-state index contributed by atoms with van der Waals surface area (Å²) in [5.41, 5.74) is 0.740. The first kappa shape index (κ1) is 31.8. The van der Waals surface area contributed by atoms with Crippen molar-refractivity contribution in [2.45, 2.75) is 9.79 Å². The number of hydrogen-bond acceptors (Lipinski definition) is 7. The van der Waals surface area contributed by atoms with Crippen molar-refractivity contribution < 1.29 is 26.3 Å². The third-order valence-corrected chi connectivity index (χ3v) is 15.3. The van der Waals surface area contributed by atoms with Crippen molar-refractivity contribution in [3.8, 4) is 11.5 Å². The van der Waals surface area contributed by atoms with E-state index in [0.717, 1.165) is 21.5 Å². The average molecular weight is 698 g/mol. The summed E-state index contributed by atoms with van der Waals surface area (Å²) in [7, 11) is -4.75. The zero-order chi connectivity index (χ0) is 33.8. The molecule has 0 bridgehead atoms. The van der Waals surface area contributed by atoms with Crippen LogP contribution < -0.4 is 14.1 Å². The second-order valence-corrected chi connectivity index (χ2v) is 17.6. The summed E-state index contributed by atoms with van der Waals surface area (Å²) in [5, 5.41) is 4.60. The molecule has 0 radical (unpaired) electrons. The van der Waals surface area contributed by atoms with Gasteiger partial charge >= 0.3 is 0 Å². The van der Waals surface area contributed by atoms with Crippen LogP contribution in [-0.4, -0.2) is 52.6 Å². The van der Waals surface area contributed by atoms with E-state index >= 15 is 16.8 Å². The highest BCUT2D eigenvalue weighted by Gasteiger charge is 2.31. The number of aromatic nitrogens is 2. The van der Waals surface area contributed by atoms with Crippen LogP contribution in [0.15, 0.2) is 131 Å². The first-order valence-electron chi connectivity index (χ1n) is 15.0. The van der Waals surface area contributed by atoms with Gasteiger partial charge < -0.3 is 9.47 Å². The van der Waals surface area contributed by atoms with E-state index in [1.54, 1.807) is 55.2 Å². The van der Waals surface area contributed by atoms with Crippen LogP contribution in [0.2, 0.25) is 0 Å². The van der Waals surface area contributed by atoms with Gasteiger partial charge in [-0.05, 0) is 96.3 Å². The second-order valence-electron chi connectivity index (χ2n) is 11.3. The fourth-order valence-corrected chi connectivity index (χ4v) is 13.4. The number of benzene rings is 6. The Morgan fingerprint density at radius 3 is 1.25 bits per heavy atom. The molecule has 0 aliphatic rings. The highest BCUT2D eigenvalue weighted by atomic mass is 32.2. The molecular formula is C36H32N3O6PS2. The van der Waals surface area contributed by atoms with Gasteiger partial charge in [0.25, 0.3) is 20.0 Å². The molecule has 6 aromatic carbocycles. The van der Waals surface area contributed by atoms with Gasteiger partial charge in [-0.15, -0.1) is 0 Å². The molecule has 0 saturated heterocycles. The quantitative estimate of drug-likeness (QED) is 0.168. The molecule has 0 unspecified atom stereocenters. The number of rotatable bonds is 7. The van der Waals surface area contributed by atoms with E-state index in [0.29, 0.717) is 33.3 Å². The largest absolute Gasteiger partial charge is 0.497 e. The van der Waals surface area contributed by atoms with Gasteiger partial charge in [0.1, 0.15) is 19.5 Å². The molecule has 0 N–H and O–H groups in total. The van der Waals surface area contributed by atoms with E-state index in [1.165, 1.54) is 46.0 Å². The maximum atomic E-state index is 15.1. The highest BCUT2D eigenvalue weighted by molar-refractivity contribution is 7.96. The molecule has 0 fully saturated rings. The minimum Gasteiger partial charge on any atom is -0.497 e. The molecule has 244 valence electrons. The van der Waals surface area contributed by atoms with Crippen molar-refractivity contribution in [3.05, 3.63) is 121 Å². The van der Waals surface area contributed by atoms with Gasteiger partial charge in [-0.2, -0.15) is 7.47 Å². The van der Waals surface area contributed by atoms with Gasteiger partial charge in [0.05, 0.1) is 35.0 Å². The predicted molar refractivity (Wildman–Crippen MR) is 194 cm³/mol. The van der Waals surface area contributed by atoms with E-state index < -0.39 is 28.0 Å². The summed E-state index contributed by atoms with van der Waals surface area (Å²) in [6.45, 7) is 0. The van der Waals surface area contributed by atoms with Crippen LogP contribution in [-0.2, 0) is 20.0 Å². The number of nitrogens with zero attached hydrogens (tertiary/aromatic N) is 3. The molecule has 9 nitrogen and oxygen atoms in total. The first-order chi connectivity index (χ1) is 23.1. The zero-order valence-electron chi connectivity index (χ0n) is 26.6. The van der Waals surface area contributed by atoms with Crippen molar-refractivity contribution in [1.29, 1.82) is 0 Å². The normalized spacial score (nSPS) is 12.3. The lowest BCUT2D eigenvalue weighted by molar-refractivity contribution is 0.414. The minimum absolute atomic E-state index is 0.00521. The van der Waals surface area contributed by atoms with E-state index in [9.17, 15) is 0 Å². The number of hydrogen-bond donors (Lipinski definition) is 0. The number of ether oxygens (including phenoxy) is 2. The number of fused-ring (bicyclic) bond motifs is 7. The topological polar surface area (TPSA) is 99.8 Å². The molecular weight excluding hydrogens is 666 g/mol. The number of methoxy groups -OCH3 is 2. The molecule has 1 heterocycles. The minimum atomic E-state index is -4.40. The van der Waals surface area contributed by atoms with Crippen molar-refractivity contribution in [2.24, 2.45) is 0 Å². The molecule has 0 aliphatic carbocycles. The fraction of sp³-hybridized carbons (Fsp3) is 0.111. The molecule has 0 aliphatic heterocycles. The van der Waals surface area contributed by atoms with Gasteiger partial charge in [0.15, 0.2) is 0 Å². The highest BCUT2D eigenvalue weighted by Crippen LogP contribution is 2.45. The van der Waals surface area contributed by atoms with Crippen LogP contribution in [0.25, 0.3) is 43.4 Å². The summed E-state index contributed by atoms with van der Waals surface area (Å²) < 4.78 is 75.3. The molecule has 12 heteroatoms. The molecule has 0 saturated carbocycles. The maximum absolute atomic E-state index is 15.1. The Bertz CT molecular complexity index is 2460. The molecule has 0 atom stereocenters. The van der Waals surface area contributed by atoms with Gasteiger partial charge in [-0.3, -0.25) is 0 Å². The third-order valence-electron chi connectivity index (χ3n) is 8.33. The van der Waals surface area contributed by atoms with Gasteiger partial charge in [-0.1, -0.05) is 60.7 Å². The van der Waals surface area contributed by atoms with Crippen LogP contribution >= 0.6 is 8.00 Å². The van der Waals surface area contributed by atoms with Crippen LogP contribution in [0.4, 0.5) is 0 Å². The molecule has 7 rings (SSSR count). The Labute approximate surface area is 279 Å². The molecule has 0 spiro atoms. The SMILES string of the molecule is COc1ccc(S(=O)(=O)n2c3ccc4ccccc4c3c3c4ccccc4ccc3n(S(=O)(=O)c3ccc(OC)cc3)p2N(C)C)cc1. The van der Waals surface area contributed by atoms with Gasteiger partial charge in [0.2, 0.25) is 0 Å². The predicted octanol–water partition coefficient (Wildman–Crippen LogP) is 7.70. The Hall–Kier alpha value is -4.80. The van der Waals surface area contributed by atoms with Crippen molar-refractivity contribution >= 4 is 71.4 Å². The average Bonchev–Trinajstić information content (AvgIpc) is 3.25. The third kappa shape index (κ3) is 5.02. The maximum Gasteiger partial charge on any atom is 0.273 e. The van der Waals surface area contributed by atoms with E-state index in [4.69, 9.17) is 9.47 Å². The van der Waals surface area contributed by atoms with Gasteiger partial charge in [-0.25, -0.2) is 21.5 Å². The summed E-state index contributed by atoms with van der Waals surface area (Å²) in [4.78, 5) is -0.0104. The summed E-state index contributed by atoms with van der Waals surface area (Å²) in [6, 6.07) is 35.1. The van der Waals surface area contributed by atoms with Crippen LogP contribution in [0.1, 0.15) is 0 Å². The molecule has 7 aromatic rings. The lowest BCUT2D eigenvalue weighted by Crippen LogP contribution is -2.24. The molecule has 0 amide bonds. The van der Waals surface area contributed by atoms with Crippen LogP contribution in [0.3, 0.4) is 0 Å². The lowest BCUT2D eigenvalue weighted by atomic mass is 9.98. The first-order valence-corrected chi connectivity index (χ1v) is 19.1. The second kappa shape index (κ2) is 12.0. The summed E-state index contributed by atoms with van der Waals surface area (Å²) in [5.74, 6) is 0.988. The van der Waals surface area contributed by atoms with Crippen molar-refractivity contribution in [1.82, 2.24) is 7.47 Å². The monoisotopic (exact) mass is 697 g/mol. The Kier molecular flexibility index (Phi) is 7.96. The standard InChI is InChI=1S/C36H32N3O6PS2/c1-37(2)46-38(47(40,41)29-19-15-27(44-3)16-20-29)33-23-13-25-9-5-7-11-31(25)35(33)36-32-12-8-6-10-26(32)14-24-34(36)39(46)48(42,43)30-21-17-28(45-4)18-22-30/h5-24H,1-4H3. The van der Waals surface area contributed by atoms with E-state index in [1.807, 2.05) is 60.7 Å². The van der Waals surface area contributed by atoms with Crippen LogP contribution in [0, 0.1) is 0 Å². The molecule has 48 heavy (non-hydrogen) atoms. The summed E-state index contributed by atoms with van der Waals surface area (Å²) in [6.07, 6.45) is 0. The Balaban J connectivity index is 1.83. The van der Waals surface area contributed by atoms with Crippen LogP contribution in [0.5, 0.6) is 11.5 Å². The Morgan fingerprint density at radius 1 is 0.521 bits per heavy atom.